The van der Waals surface area contributed by atoms with E-state index < -0.39 is 4.92 Å². The molecule has 1 rings (SSSR count). The fourth-order valence-electron chi connectivity index (χ4n) is 0.985. The van der Waals surface area contributed by atoms with Crippen LogP contribution < -0.4 is 4.74 Å². The van der Waals surface area contributed by atoms with Crippen molar-refractivity contribution in [3.8, 4) is 5.75 Å². The summed E-state index contributed by atoms with van der Waals surface area (Å²) in [4.78, 5) is 10.1. The van der Waals surface area contributed by atoms with Crippen molar-refractivity contribution in [3.05, 3.63) is 32.8 Å². The van der Waals surface area contributed by atoms with Gasteiger partial charge in [-0.15, -0.1) is 0 Å². The van der Waals surface area contributed by atoms with Crippen LogP contribution in [-0.4, -0.2) is 11.0 Å². The highest BCUT2D eigenvalue weighted by molar-refractivity contribution is 9.10. The summed E-state index contributed by atoms with van der Waals surface area (Å²) < 4.78 is 5.77. The molecule has 76 valence electrons. The number of hydrogen-bond donors (Lipinski definition) is 0. The third-order valence-corrected chi connectivity index (χ3v) is 2.30. The maximum absolute atomic E-state index is 10.6. The van der Waals surface area contributed by atoms with Gasteiger partial charge in [0, 0.05) is 6.07 Å². The first kappa shape index (κ1) is 11.0. The first-order chi connectivity index (χ1) is 6.52. The van der Waals surface area contributed by atoms with Gasteiger partial charge in [0.2, 0.25) is 0 Å². The minimum Gasteiger partial charge on any atom is -0.490 e. The lowest BCUT2D eigenvalue weighted by Gasteiger charge is -2.10. The summed E-state index contributed by atoms with van der Waals surface area (Å²) >= 11 is 3.14. The Labute approximate surface area is 90.2 Å². The fourth-order valence-corrected chi connectivity index (χ4v) is 1.49. The maximum atomic E-state index is 10.6. The molecule has 0 saturated heterocycles. The molecule has 0 radical (unpaired) electrons. The molecular formula is C9H10BrNO3. The second kappa shape index (κ2) is 4.41. The highest BCUT2D eigenvalue weighted by Crippen LogP contribution is 2.34. The highest BCUT2D eigenvalue weighted by atomic mass is 79.9. The number of nitro benzene ring substituents is 1. The number of benzene rings is 1. The Balaban J connectivity index is 3.07. The number of rotatable bonds is 3. The van der Waals surface area contributed by atoms with Crippen molar-refractivity contribution in [1.29, 1.82) is 0 Å². The van der Waals surface area contributed by atoms with Gasteiger partial charge in [0.1, 0.15) is 10.2 Å². The number of halogens is 1. The third kappa shape index (κ3) is 2.45. The molecule has 0 aromatic heterocycles. The zero-order chi connectivity index (χ0) is 10.7. The van der Waals surface area contributed by atoms with Crippen LogP contribution in [0.15, 0.2) is 22.7 Å². The van der Waals surface area contributed by atoms with Crippen LogP contribution in [0.25, 0.3) is 0 Å². The van der Waals surface area contributed by atoms with Gasteiger partial charge in [0.05, 0.1) is 11.0 Å². The van der Waals surface area contributed by atoms with Crippen molar-refractivity contribution < 1.29 is 9.66 Å². The quantitative estimate of drug-likeness (QED) is 0.619. The standard InChI is InChI=1S/C9H10BrNO3/c1-6(2)14-8-5-3-4-7(9(8)10)11(12)13/h3-6H,1-2H3. The smallest absolute Gasteiger partial charge is 0.287 e. The Kier molecular flexibility index (Phi) is 3.46. The molecule has 0 saturated carbocycles. The summed E-state index contributed by atoms with van der Waals surface area (Å²) in [6.07, 6.45) is -0.00620. The van der Waals surface area contributed by atoms with E-state index in [1.165, 1.54) is 6.07 Å². The largest absolute Gasteiger partial charge is 0.490 e. The predicted octanol–water partition coefficient (Wildman–Crippen LogP) is 3.14. The van der Waals surface area contributed by atoms with Crippen molar-refractivity contribution >= 4 is 21.6 Å². The predicted molar refractivity (Wildman–Crippen MR) is 56.6 cm³/mol. The van der Waals surface area contributed by atoms with Crippen molar-refractivity contribution in [2.75, 3.05) is 0 Å². The molecule has 1 aromatic rings. The van der Waals surface area contributed by atoms with Crippen LogP contribution in [0.2, 0.25) is 0 Å². The average Bonchev–Trinajstić information content (AvgIpc) is 2.07. The summed E-state index contributed by atoms with van der Waals surface area (Å²) in [6.45, 7) is 3.73. The maximum Gasteiger partial charge on any atom is 0.287 e. The van der Waals surface area contributed by atoms with E-state index in [9.17, 15) is 10.1 Å². The number of nitrogens with zero attached hydrogens (tertiary/aromatic N) is 1. The van der Waals surface area contributed by atoms with Crippen LogP contribution in [-0.2, 0) is 0 Å². The van der Waals surface area contributed by atoms with E-state index in [-0.39, 0.29) is 11.8 Å². The first-order valence-electron chi connectivity index (χ1n) is 4.12. The molecule has 0 aliphatic rings. The van der Waals surface area contributed by atoms with Crippen molar-refractivity contribution in [2.24, 2.45) is 0 Å². The molecule has 5 heteroatoms. The van der Waals surface area contributed by atoms with E-state index in [0.29, 0.717) is 10.2 Å². The average molecular weight is 260 g/mol. The third-order valence-electron chi connectivity index (χ3n) is 1.50. The number of hydrogen-bond acceptors (Lipinski definition) is 3. The molecule has 0 heterocycles. The van der Waals surface area contributed by atoms with E-state index in [1.54, 1.807) is 12.1 Å². The Bertz CT molecular complexity index is 352. The minimum absolute atomic E-state index is 0.00620. The van der Waals surface area contributed by atoms with Gasteiger partial charge in [0.15, 0.2) is 0 Å². The topological polar surface area (TPSA) is 52.4 Å². The lowest BCUT2D eigenvalue weighted by Crippen LogP contribution is -2.06. The highest BCUT2D eigenvalue weighted by Gasteiger charge is 2.16. The fraction of sp³-hybridized carbons (Fsp3) is 0.333. The molecule has 0 aliphatic heterocycles. The van der Waals surface area contributed by atoms with E-state index in [2.05, 4.69) is 15.9 Å². The molecular weight excluding hydrogens is 250 g/mol. The van der Waals surface area contributed by atoms with Crippen LogP contribution in [0, 0.1) is 10.1 Å². The summed E-state index contributed by atoms with van der Waals surface area (Å²) in [5.74, 6) is 0.495. The van der Waals surface area contributed by atoms with Gasteiger partial charge in [-0.3, -0.25) is 10.1 Å². The Morgan fingerprint density at radius 1 is 1.50 bits per heavy atom. The summed E-state index contributed by atoms with van der Waals surface area (Å²) in [7, 11) is 0. The normalized spacial score (nSPS) is 10.3. The van der Waals surface area contributed by atoms with Gasteiger partial charge >= 0.3 is 0 Å². The van der Waals surface area contributed by atoms with E-state index in [0.717, 1.165) is 0 Å². The Morgan fingerprint density at radius 2 is 2.14 bits per heavy atom. The monoisotopic (exact) mass is 259 g/mol. The SMILES string of the molecule is CC(C)Oc1cccc([N+](=O)[O-])c1Br. The minimum atomic E-state index is -0.447. The first-order valence-corrected chi connectivity index (χ1v) is 4.91. The van der Waals surface area contributed by atoms with Gasteiger partial charge in [-0.2, -0.15) is 0 Å². The second-order valence-corrected chi connectivity index (χ2v) is 3.81. The molecule has 0 amide bonds. The lowest BCUT2D eigenvalue weighted by molar-refractivity contribution is -0.385. The van der Waals surface area contributed by atoms with Gasteiger partial charge in [-0.25, -0.2) is 0 Å². The van der Waals surface area contributed by atoms with Gasteiger partial charge in [0.25, 0.3) is 5.69 Å². The molecule has 0 atom stereocenters. The van der Waals surface area contributed by atoms with Crippen molar-refractivity contribution in [1.82, 2.24) is 0 Å². The Hall–Kier alpha value is -1.10. The van der Waals surface area contributed by atoms with Gasteiger partial charge < -0.3 is 4.74 Å². The zero-order valence-corrected chi connectivity index (χ0v) is 9.45. The summed E-state index contributed by atoms with van der Waals surface area (Å²) in [5.41, 5.74) is 0.0168. The molecule has 0 fully saturated rings. The van der Waals surface area contributed by atoms with Crippen LogP contribution in [0.4, 0.5) is 5.69 Å². The molecule has 1 aromatic carbocycles. The van der Waals surface area contributed by atoms with E-state index >= 15 is 0 Å². The van der Waals surface area contributed by atoms with Crippen LogP contribution >= 0.6 is 15.9 Å². The molecule has 0 spiro atoms. The van der Waals surface area contributed by atoms with Crippen molar-refractivity contribution in [3.63, 3.8) is 0 Å². The molecule has 0 unspecified atom stereocenters. The van der Waals surface area contributed by atoms with E-state index in [1.807, 2.05) is 13.8 Å². The summed E-state index contributed by atoms with van der Waals surface area (Å²) in [5, 5.41) is 10.6. The molecule has 14 heavy (non-hydrogen) atoms. The second-order valence-electron chi connectivity index (χ2n) is 3.01. The number of ether oxygens (including phenoxy) is 1. The molecule has 0 aliphatic carbocycles. The molecule has 0 bridgehead atoms. The molecule has 4 nitrogen and oxygen atoms in total. The number of nitro groups is 1. The summed E-state index contributed by atoms with van der Waals surface area (Å²) in [6, 6.07) is 4.72. The van der Waals surface area contributed by atoms with Crippen LogP contribution in [0.1, 0.15) is 13.8 Å². The molecule has 0 N–H and O–H groups in total. The van der Waals surface area contributed by atoms with E-state index in [4.69, 9.17) is 4.74 Å². The van der Waals surface area contributed by atoms with Crippen molar-refractivity contribution in [2.45, 2.75) is 20.0 Å². The zero-order valence-electron chi connectivity index (χ0n) is 7.86. The van der Waals surface area contributed by atoms with Crippen LogP contribution in [0.5, 0.6) is 5.75 Å². The van der Waals surface area contributed by atoms with Crippen LogP contribution in [0.3, 0.4) is 0 Å². The van der Waals surface area contributed by atoms with Gasteiger partial charge in [-0.1, -0.05) is 6.07 Å². The Morgan fingerprint density at radius 3 is 2.64 bits per heavy atom. The van der Waals surface area contributed by atoms with Gasteiger partial charge in [-0.05, 0) is 35.8 Å². The lowest BCUT2D eigenvalue weighted by atomic mass is 10.3.